The molecule has 0 aromatic heterocycles. The second-order valence-electron chi connectivity index (χ2n) is 8.85. The highest BCUT2D eigenvalue weighted by molar-refractivity contribution is 8.27. The average molecular weight is 533 g/mol. The smallest absolute Gasteiger partial charge is 0.270 e. The summed E-state index contributed by atoms with van der Waals surface area (Å²) in [6.07, 6.45) is 1.78. The zero-order chi connectivity index (χ0) is 26.7. The highest BCUT2D eigenvalue weighted by Gasteiger charge is 2.34. The van der Waals surface area contributed by atoms with E-state index in [9.17, 15) is 9.59 Å². The van der Waals surface area contributed by atoms with E-state index in [0.29, 0.717) is 20.7 Å². The lowest BCUT2D eigenvalue weighted by Gasteiger charge is -2.17. The quantitative estimate of drug-likeness (QED) is 0.282. The predicted molar refractivity (Wildman–Crippen MR) is 155 cm³/mol. The highest BCUT2D eigenvalue weighted by Crippen LogP contribution is 2.38. The number of thioether (sulfide) groups is 1. The van der Waals surface area contributed by atoms with Gasteiger partial charge in [-0.25, -0.2) is 0 Å². The maximum Gasteiger partial charge on any atom is 0.270 e. The Labute approximate surface area is 226 Å². The molecule has 3 aromatic carbocycles. The fourth-order valence-electron chi connectivity index (χ4n) is 3.94. The summed E-state index contributed by atoms with van der Waals surface area (Å²) in [6, 6.07) is 17.0. The van der Waals surface area contributed by atoms with Crippen molar-refractivity contribution in [3.05, 3.63) is 87.3 Å². The maximum atomic E-state index is 13.2. The minimum Gasteiger partial charge on any atom is -0.493 e. The van der Waals surface area contributed by atoms with E-state index in [1.807, 2.05) is 70.2 Å². The van der Waals surface area contributed by atoms with Crippen molar-refractivity contribution >= 4 is 57.6 Å². The molecule has 1 aliphatic rings. The molecule has 1 heterocycles. The number of hydrogen-bond donors (Lipinski definition) is 1. The van der Waals surface area contributed by atoms with Crippen LogP contribution in [0.1, 0.15) is 27.8 Å². The third kappa shape index (κ3) is 6.03. The zero-order valence-electron chi connectivity index (χ0n) is 21.4. The normalized spacial score (nSPS) is 14.3. The summed E-state index contributed by atoms with van der Waals surface area (Å²) in [5.74, 6) is 0.448. The predicted octanol–water partition coefficient (Wildman–Crippen LogP) is 6.35. The van der Waals surface area contributed by atoms with Gasteiger partial charge >= 0.3 is 0 Å². The van der Waals surface area contributed by atoms with Gasteiger partial charge < -0.3 is 14.8 Å². The van der Waals surface area contributed by atoms with Crippen molar-refractivity contribution in [1.82, 2.24) is 0 Å². The van der Waals surface area contributed by atoms with Gasteiger partial charge in [0.1, 0.15) is 0 Å². The molecule has 1 saturated heterocycles. The van der Waals surface area contributed by atoms with E-state index < -0.39 is 0 Å². The van der Waals surface area contributed by atoms with Crippen LogP contribution in [0.15, 0.2) is 59.5 Å². The summed E-state index contributed by atoms with van der Waals surface area (Å²) >= 11 is 6.78. The summed E-state index contributed by atoms with van der Waals surface area (Å²) in [6.45, 7) is 7.83. The first-order valence-electron chi connectivity index (χ1n) is 11.7. The minimum absolute atomic E-state index is 0.163. The largest absolute Gasteiger partial charge is 0.493 e. The van der Waals surface area contributed by atoms with Crippen LogP contribution >= 0.6 is 24.0 Å². The molecule has 190 valence electrons. The molecule has 3 aromatic rings. The van der Waals surface area contributed by atoms with Gasteiger partial charge in [0.2, 0.25) is 0 Å². The van der Waals surface area contributed by atoms with Crippen LogP contribution in [-0.4, -0.2) is 29.9 Å². The van der Waals surface area contributed by atoms with Crippen molar-refractivity contribution in [2.24, 2.45) is 0 Å². The topological polar surface area (TPSA) is 67.9 Å². The Balaban J connectivity index is 1.46. The SMILES string of the molecule is COc1cc(/C=C2\SC(=S)N(c3ccc(C)cc3C)C2=O)ccc1OCC(=O)Nc1ccc(C)c(C)c1. The molecule has 1 fully saturated rings. The molecule has 1 N–H and O–H groups in total. The summed E-state index contributed by atoms with van der Waals surface area (Å²) in [7, 11) is 1.53. The molecule has 0 bridgehead atoms. The summed E-state index contributed by atoms with van der Waals surface area (Å²) < 4.78 is 11.7. The van der Waals surface area contributed by atoms with Crippen molar-refractivity contribution in [3.8, 4) is 11.5 Å². The van der Waals surface area contributed by atoms with Gasteiger partial charge in [0.25, 0.3) is 11.8 Å². The van der Waals surface area contributed by atoms with Crippen LogP contribution in [0.5, 0.6) is 11.5 Å². The lowest BCUT2D eigenvalue weighted by molar-refractivity contribution is -0.118. The third-order valence-corrected chi connectivity index (χ3v) is 7.32. The van der Waals surface area contributed by atoms with Crippen LogP contribution in [0.2, 0.25) is 0 Å². The Morgan fingerprint density at radius 2 is 1.76 bits per heavy atom. The summed E-state index contributed by atoms with van der Waals surface area (Å²) in [5.41, 5.74) is 6.63. The second kappa shape index (κ2) is 11.2. The summed E-state index contributed by atoms with van der Waals surface area (Å²) in [5, 5.41) is 2.84. The van der Waals surface area contributed by atoms with Crippen molar-refractivity contribution in [2.75, 3.05) is 23.9 Å². The fraction of sp³-hybridized carbons (Fsp3) is 0.207. The van der Waals surface area contributed by atoms with Crippen molar-refractivity contribution in [2.45, 2.75) is 27.7 Å². The lowest BCUT2D eigenvalue weighted by Crippen LogP contribution is -2.28. The molecular weight excluding hydrogens is 504 g/mol. The maximum absolute atomic E-state index is 13.2. The van der Waals surface area contributed by atoms with Gasteiger partial charge in [-0.2, -0.15) is 0 Å². The molecule has 1 aliphatic heterocycles. The van der Waals surface area contributed by atoms with Gasteiger partial charge in [-0.15, -0.1) is 0 Å². The molecule has 0 unspecified atom stereocenters. The van der Waals surface area contributed by atoms with Crippen LogP contribution in [0, 0.1) is 27.7 Å². The van der Waals surface area contributed by atoms with Gasteiger partial charge in [0, 0.05) is 5.69 Å². The number of carbonyl (C=O) groups is 2. The standard InChI is InChI=1S/C29H28N2O4S2/c1-17-6-10-23(20(4)12-17)31-28(33)26(37-29(31)36)15-21-8-11-24(25(14-21)34-5)35-16-27(32)30-22-9-7-18(2)19(3)13-22/h6-15H,16H2,1-5H3,(H,30,32)/b26-15-. The number of ether oxygens (including phenoxy) is 2. The number of nitrogens with zero attached hydrogens (tertiary/aromatic N) is 1. The first kappa shape index (κ1) is 26.4. The number of benzene rings is 3. The van der Waals surface area contributed by atoms with Gasteiger partial charge in [-0.3, -0.25) is 14.5 Å². The van der Waals surface area contributed by atoms with Crippen molar-refractivity contribution in [1.29, 1.82) is 0 Å². The van der Waals surface area contributed by atoms with E-state index in [2.05, 4.69) is 5.32 Å². The van der Waals surface area contributed by atoms with E-state index in [4.69, 9.17) is 21.7 Å². The lowest BCUT2D eigenvalue weighted by atomic mass is 10.1. The van der Waals surface area contributed by atoms with Gasteiger partial charge in [-0.1, -0.05) is 53.8 Å². The number of thiocarbonyl (C=S) groups is 1. The van der Waals surface area contributed by atoms with E-state index in [-0.39, 0.29) is 18.4 Å². The van der Waals surface area contributed by atoms with Crippen LogP contribution in [0.4, 0.5) is 11.4 Å². The van der Waals surface area contributed by atoms with Gasteiger partial charge in [0.05, 0.1) is 17.7 Å². The molecule has 2 amide bonds. The molecule has 37 heavy (non-hydrogen) atoms. The Hall–Kier alpha value is -3.62. The number of anilines is 2. The highest BCUT2D eigenvalue weighted by atomic mass is 32.2. The molecular formula is C29H28N2O4S2. The number of rotatable bonds is 7. The number of carbonyl (C=O) groups excluding carboxylic acids is 2. The average Bonchev–Trinajstić information content (AvgIpc) is 3.13. The van der Waals surface area contributed by atoms with E-state index in [0.717, 1.165) is 39.2 Å². The van der Waals surface area contributed by atoms with Crippen molar-refractivity contribution in [3.63, 3.8) is 0 Å². The van der Waals surface area contributed by atoms with Crippen molar-refractivity contribution < 1.29 is 19.1 Å². The van der Waals surface area contributed by atoms with Gasteiger partial charge in [-0.05, 0) is 86.4 Å². The van der Waals surface area contributed by atoms with Crippen LogP contribution in [-0.2, 0) is 9.59 Å². The number of methoxy groups -OCH3 is 1. The van der Waals surface area contributed by atoms with E-state index >= 15 is 0 Å². The molecule has 0 aliphatic carbocycles. The Morgan fingerprint density at radius 1 is 0.973 bits per heavy atom. The molecule has 0 radical (unpaired) electrons. The third-order valence-electron chi connectivity index (χ3n) is 6.02. The van der Waals surface area contributed by atoms with E-state index in [1.165, 1.54) is 18.9 Å². The van der Waals surface area contributed by atoms with E-state index in [1.54, 1.807) is 23.1 Å². The molecule has 0 atom stereocenters. The minimum atomic E-state index is -0.274. The first-order chi connectivity index (χ1) is 17.7. The molecule has 0 saturated carbocycles. The summed E-state index contributed by atoms with van der Waals surface area (Å²) in [4.78, 5) is 27.7. The second-order valence-corrected chi connectivity index (χ2v) is 10.5. The Kier molecular flexibility index (Phi) is 8.00. The zero-order valence-corrected chi connectivity index (χ0v) is 23.0. The number of aryl methyl sites for hydroxylation is 4. The molecule has 4 rings (SSSR count). The molecule has 0 spiro atoms. The molecule has 6 nitrogen and oxygen atoms in total. The Bertz CT molecular complexity index is 1430. The molecule has 8 heteroatoms. The Morgan fingerprint density at radius 3 is 2.46 bits per heavy atom. The van der Waals surface area contributed by atoms with Gasteiger partial charge in [0.15, 0.2) is 22.4 Å². The van der Waals surface area contributed by atoms with Crippen LogP contribution in [0.25, 0.3) is 6.08 Å². The van der Waals surface area contributed by atoms with Crippen LogP contribution < -0.4 is 19.7 Å². The first-order valence-corrected chi connectivity index (χ1v) is 12.9. The number of hydrogen-bond acceptors (Lipinski definition) is 6. The monoisotopic (exact) mass is 532 g/mol. The van der Waals surface area contributed by atoms with Crippen LogP contribution in [0.3, 0.4) is 0 Å². The number of nitrogens with one attached hydrogen (secondary N) is 1. The number of amides is 2. The fourth-order valence-corrected chi connectivity index (χ4v) is 5.22.